The van der Waals surface area contributed by atoms with Crippen molar-refractivity contribution in [1.82, 2.24) is 19.7 Å². The Hall–Kier alpha value is -3.56. The molecule has 0 radical (unpaired) electrons. The number of nitrogens with one attached hydrogen (secondary N) is 1. The minimum atomic E-state index is -0.820. The highest BCUT2D eigenvalue weighted by Crippen LogP contribution is 2.32. The van der Waals surface area contributed by atoms with Gasteiger partial charge in [-0.25, -0.2) is 4.98 Å². The lowest BCUT2D eigenvalue weighted by atomic mass is 10.0. The largest absolute Gasteiger partial charge is 0.337 e. The van der Waals surface area contributed by atoms with Crippen LogP contribution in [-0.4, -0.2) is 70.6 Å². The van der Waals surface area contributed by atoms with Gasteiger partial charge in [-0.05, 0) is 44.1 Å². The molecule has 9 heteroatoms. The molecule has 36 heavy (non-hydrogen) atoms. The Bertz CT molecular complexity index is 1270. The Morgan fingerprint density at radius 1 is 1.06 bits per heavy atom. The van der Waals surface area contributed by atoms with Gasteiger partial charge in [-0.3, -0.25) is 19.7 Å². The van der Waals surface area contributed by atoms with E-state index in [4.69, 9.17) is 0 Å². The second-order valence-electron chi connectivity index (χ2n) is 9.42. The van der Waals surface area contributed by atoms with Crippen LogP contribution in [0.2, 0.25) is 0 Å². The summed E-state index contributed by atoms with van der Waals surface area (Å²) < 4.78 is 0. The number of hydrogen-bond acceptors (Lipinski definition) is 6. The molecule has 0 saturated carbocycles. The molecule has 1 atom stereocenters. The first kappa shape index (κ1) is 24.1. The number of carbonyl (C=O) groups is 3. The van der Waals surface area contributed by atoms with Gasteiger partial charge >= 0.3 is 0 Å². The molecule has 2 aromatic carbocycles. The number of benzene rings is 2. The van der Waals surface area contributed by atoms with Crippen LogP contribution in [0.3, 0.4) is 0 Å². The molecule has 0 bridgehead atoms. The molecular formula is C27H29N5O3S. The van der Waals surface area contributed by atoms with Crippen LogP contribution >= 0.6 is 11.3 Å². The molecule has 3 amide bonds. The van der Waals surface area contributed by atoms with E-state index < -0.39 is 6.04 Å². The van der Waals surface area contributed by atoms with Gasteiger partial charge in [0, 0.05) is 36.6 Å². The second kappa shape index (κ2) is 10.2. The minimum absolute atomic E-state index is 0.117. The van der Waals surface area contributed by atoms with Crippen molar-refractivity contribution in [1.29, 1.82) is 0 Å². The molecule has 8 nitrogen and oxygen atoms in total. The van der Waals surface area contributed by atoms with Crippen molar-refractivity contribution < 1.29 is 14.4 Å². The molecule has 1 aromatic heterocycles. The Morgan fingerprint density at radius 3 is 2.44 bits per heavy atom. The van der Waals surface area contributed by atoms with Crippen molar-refractivity contribution in [3.05, 3.63) is 82.4 Å². The number of fused-ring (bicyclic) bond motifs is 1. The van der Waals surface area contributed by atoms with Gasteiger partial charge in [-0.15, -0.1) is 11.3 Å². The van der Waals surface area contributed by atoms with Crippen LogP contribution in [0.1, 0.15) is 50.9 Å². The molecular weight excluding hydrogens is 474 g/mol. The van der Waals surface area contributed by atoms with E-state index in [0.29, 0.717) is 47.6 Å². The number of anilines is 1. The number of likely N-dealkylation sites (tertiary alicyclic amines) is 1. The number of rotatable bonds is 6. The fraction of sp³-hybridized carbons (Fsp3) is 0.333. The molecule has 0 aliphatic carbocycles. The Balaban J connectivity index is 1.31. The molecule has 3 heterocycles. The number of carbonyl (C=O) groups excluding carboxylic acids is 3. The summed E-state index contributed by atoms with van der Waals surface area (Å²) in [7, 11) is 4.13. The molecule has 186 valence electrons. The SMILES string of the molecule is CN(C)C1CCN(C(=O)c2csc(NC(=O)[C@@H](c3ccccc3)N3Cc4ccccc4C3=O)n2)CC1. The molecule has 1 N–H and O–H groups in total. The van der Waals surface area contributed by atoms with Crippen LogP contribution in [0.5, 0.6) is 0 Å². The van der Waals surface area contributed by atoms with Gasteiger partial charge in [0.1, 0.15) is 11.7 Å². The van der Waals surface area contributed by atoms with E-state index in [9.17, 15) is 14.4 Å². The highest BCUT2D eigenvalue weighted by molar-refractivity contribution is 7.14. The van der Waals surface area contributed by atoms with Crippen molar-refractivity contribution in [3.8, 4) is 0 Å². The summed E-state index contributed by atoms with van der Waals surface area (Å²) in [6, 6.07) is 16.3. The third kappa shape index (κ3) is 4.76. The average molecular weight is 504 g/mol. The zero-order chi connectivity index (χ0) is 25.2. The van der Waals surface area contributed by atoms with E-state index in [-0.39, 0.29) is 17.7 Å². The highest BCUT2D eigenvalue weighted by atomic mass is 32.1. The fourth-order valence-electron chi connectivity index (χ4n) is 4.94. The van der Waals surface area contributed by atoms with Crippen LogP contribution in [0.15, 0.2) is 60.0 Å². The molecule has 0 spiro atoms. The average Bonchev–Trinajstić information content (AvgIpc) is 3.49. The molecule has 5 rings (SSSR count). The molecule has 1 fully saturated rings. The monoisotopic (exact) mass is 503 g/mol. The Labute approximate surface area is 214 Å². The maximum atomic E-state index is 13.5. The summed E-state index contributed by atoms with van der Waals surface area (Å²) in [4.78, 5) is 49.8. The molecule has 3 aromatic rings. The first-order chi connectivity index (χ1) is 17.4. The number of amides is 3. The Kier molecular flexibility index (Phi) is 6.84. The summed E-state index contributed by atoms with van der Waals surface area (Å²) in [6.45, 7) is 1.73. The number of aromatic nitrogens is 1. The van der Waals surface area contributed by atoms with Crippen LogP contribution in [0.4, 0.5) is 5.13 Å². The number of thiazole rings is 1. The predicted molar refractivity (Wildman–Crippen MR) is 139 cm³/mol. The van der Waals surface area contributed by atoms with E-state index in [1.807, 2.05) is 53.4 Å². The lowest BCUT2D eigenvalue weighted by molar-refractivity contribution is -0.120. The number of nitrogens with zero attached hydrogens (tertiary/aromatic N) is 4. The first-order valence-electron chi connectivity index (χ1n) is 12.1. The van der Waals surface area contributed by atoms with E-state index in [1.54, 1.807) is 16.3 Å². The highest BCUT2D eigenvalue weighted by Gasteiger charge is 2.37. The van der Waals surface area contributed by atoms with Gasteiger partial charge in [-0.1, -0.05) is 48.5 Å². The number of hydrogen-bond donors (Lipinski definition) is 1. The smallest absolute Gasteiger partial charge is 0.273 e. The van der Waals surface area contributed by atoms with Gasteiger partial charge in [0.05, 0.1) is 0 Å². The lowest BCUT2D eigenvalue weighted by Gasteiger charge is -2.34. The third-order valence-electron chi connectivity index (χ3n) is 6.96. The summed E-state index contributed by atoms with van der Waals surface area (Å²) >= 11 is 1.22. The number of piperidine rings is 1. The third-order valence-corrected chi connectivity index (χ3v) is 7.72. The van der Waals surface area contributed by atoms with E-state index in [0.717, 1.165) is 18.4 Å². The van der Waals surface area contributed by atoms with Crippen molar-refractivity contribution in [3.63, 3.8) is 0 Å². The summed E-state index contributed by atoms with van der Waals surface area (Å²) in [6.07, 6.45) is 1.86. The zero-order valence-corrected chi connectivity index (χ0v) is 21.2. The van der Waals surface area contributed by atoms with Gasteiger partial charge in [0.2, 0.25) is 0 Å². The Morgan fingerprint density at radius 2 is 1.75 bits per heavy atom. The summed E-state index contributed by atoms with van der Waals surface area (Å²) in [5, 5.41) is 4.89. The van der Waals surface area contributed by atoms with Crippen molar-refractivity contribution in [2.24, 2.45) is 0 Å². The van der Waals surface area contributed by atoms with Crippen molar-refractivity contribution >= 4 is 34.2 Å². The van der Waals surface area contributed by atoms with Gasteiger partial charge < -0.3 is 14.7 Å². The quantitative estimate of drug-likeness (QED) is 0.555. The maximum Gasteiger partial charge on any atom is 0.273 e. The van der Waals surface area contributed by atoms with E-state index in [1.165, 1.54) is 11.3 Å². The topological polar surface area (TPSA) is 85.9 Å². The molecule has 2 aliphatic heterocycles. The normalized spacial score (nSPS) is 16.8. The van der Waals surface area contributed by atoms with Gasteiger partial charge in [0.15, 0.2) is 5.13 Å². The van der Waals surface area contributed by atoms with E-state index >= 15 is 0 Å². The summed E-state index contributed by atoms with van der Waals surface area (Å²) in [5.74, 6) is -0.651. The zero-order valence-electron chi connectivity index (χ0n) is 20.4. The standard InChI is InChI=1S/C27H29N5O3S/c1-30(2)20-12-14-31(15-13-20)26(35)22-17-36-27(28-22)29-24(33)23(18-8-4-3-5-9-18)32-16-19-10-6-7-11-21(19)25(32)34/h3-11,17,20,23H,12-16H2,1-2H3,(H,28,29,33)/t23-/m1/s1. The van der Waals surface area contributed by atoms with Crippen LogP contribution in [-0.2, 0) is 11.3 Å². The summed E-state index contributed by atoms with van der Waals surface area (Å²) in [5.41, 5.74) is 2.56. The van der Waals surface area contributed by atoms with Crippen LogP contribution in [0.25, 0.3) is 0 Å². The molecule has 0 unspecified atom stereocenters. The van der Waals surface area contributed by atoms with E-state index in [2.05, 4.69) is 29.3 Å². The van der Waals surface area contributed by atoms with Gasteiger partial charge in [0.25, 0.3) is 17.7 Å². The molecule has 1 saturated heterocycles. The van der Waals surface area contributed by atoms with Crippen molar-refractivity contribution in [2.75, 3.05) is 32.5 Å². The van der Waals surface area contributed by atoms with Crippen LogP contribution in [0, 0.1) is 0 Å². The lowest BCUT2D eigenvalue weighted by Crippen LogP contribution is -2.44. The van der Waals surface area contributed by atoms with Crippen molar-refractivity contribution in [2.45, 2.75) is 31.5 Å². The molecule has 2 aliphatic rings. The first-order valence-corrected chi connectivity index (χ1v) is 13.0. The minimum Gasteiger partial charge on any atom is -0.337 e. The second-order valence-corrected chi connectivity index (χ2v) is 10.3. The maximum absolute atomic E-state index is 13.5. The van der Waals surface area contributed by atoms with Crippen LogP contribution < -0.4 is 5.32 Å². The fourth-order valence-corrected chi connectivity index (χ4v) is 5.63. The predicted octanol–water partition coefficient (Wildman–Crippen LogP) is 3.65. The van der Waals surface area contributed by atoms with Gasteiger partial charge in [-0.2, -0.15) is 0 Å².